The highest BCUT2D eigenvalue weighted by Crippen LogP contribution is 2.32. The minimum atomic E-state index is -0.514. The highest BCUT2D eigenvalue weighted by atomic mass is 19.1. The summed E-state index contributed by atoms with van der Waals surface area (Å²) in [7, 11) is 0. The predicted octanol–water partition coefficient (Wildman–Crippen LogP) is 9.27. The summed E-state index contributed by atoms with van der Waals surface area (Å²) >= 11 is 0. The zero-order chi connectivity index (χ0) is 24.6. The molecule has 0 spiro atoms. The molecule has 3 nitrogen and oxygen atoms in total. The molecular formula is C30H33F2NO2. The number of rotatable bonds is 12. The largest absolute Gasteiger partial charge is 0.493 e. The first kappa shape index (κ1) is 24.9. The first-order valence-electron chi connectivity index (χ1n) is 12.6. The average molecular weight is 478 g/mol. The van der Waals surface area contributed by atoms with Crippen LogP contribution >= 0.6 is 0 Å². The summed E-state index contributed by atoms with van der Waals surface area (Å²) in [5.41, 5.74) is 3.34. The van der Waals surface area contributed by atoms with Crippen molar-refractivity contribution < 1.29 is 17.9 Å². The van der Waals surface area contributed by atoms with E-state index >= 15 is 0 Å². The summed E-state index contributed by atoms with van der Waals surface area (Å²) < 4.78 is 41.2. The highest BCUT2D eigenvalue weighted by Gasteiger charge is 2.15. The Balaban J connectivity index is 1.35. The topological polar surface area (TPSA) is 35.3 Å². The Hall–Kier alpha value is -3.21. The van der Waals surface area contributed by atoms with Gasteiger partial charge in [0.2, 0.25) is 5.89 Å². The van der Waals surface area contributed by atoms with Gasteiger partial charge in [-0.15, -0.1) is 0 Å². The molecule has 0 atom stereocenters. The van der Waals surface area contributed by atoms with Crippen molar-refractivity contribution in [3.8, 4) is 28.3 Å². The molecule has 1 heterocycles. The van der Waals surface area contributed by atoms with E-state index in [4.69, 9.17) is 9.15 Å². The van der Waals surface area contributed by atoms with Crippen LogP contribution in [0.2, 0.25) is 0 Å². The van der Waals surface area contributed by atoms with Crippen LogP contribution in [0.4, 0.5) is 8.78 Å². The van der Waals surface area contributed by atoms with Gasteiger partial charge in [0.25, 0.3) is 0 Å². The molecule has 0 aliphatic heterocycles. The second-order valence-electron chi connectivity index (χ2n) is 9.15. The molecule has 0 saturated heterocycles. The lowest BCUT2D eigenvalue weighted by Crippen LogP contribution is -1.98. The van der Waals surface area contributed by atoms with Gasteiger partial charge in [-0.3, -0.25) is 0 Å². The highest BCUT2D eigenvalue weighted by molar-refractivity contribution is 5.77. The Morgan fingerprint density at radius 1 is 0.771 bits per heavy atom. The summed E-state index contributed by atoms with van der Waals surface area (Å²) in [6, 6.07) is 14.9. The van der Waals surface area contributed by atoms with Gasteiger partial charge >= 0.3 is 0 Å². The van der Waals surface area contributed by atoms with Gasteiger partial charge in [-0.1, -0.05) is 64.0 Å². The maximum Gasteiger partial charge on any atom is 0.230 e. The lowest BCUT2D eigenvalue weighted by atomic mass is 10.0. The Morgan fingerprint density at radius 3 is 2.23 bits per heavy atom. The van der Waals surface area contributed by atoms with Gasteiger partial charge in [0.1, 0.15) is 22.9 Å². The summed E-state index contributed by atoms with van der Waals surface area (Å²) in [5.74, 6) is -0.254. The fraction of sp³-hybridized carbons (Fsp3) is 0.367. The van der Waals surface area contributed by atoms with Crippen LogP contribution in [0.1, 0.15) is 63.9 Å². The molecule has 0 saturated carbocycles. The second-order valence-corrected chi connectivity index (χ2v) is 9.15. The quantitative estimate of drug-likeness (QED) is 0.191. The molecule has 4 aromatic rings. The van der Waals surface area contributed by atoms with Crippen LogP contribution in [-0.4, -0.2) is 11.6 Å². The Labute approximate surface area is 206 Å². The third kappa shape index (κ3) is 6.47. The van der Waals surface area contributed by atoms with Crippen LogP contribution < -0.4 is 4.74 Å². The van der Waals surface area contributed by atoms with Crippen molar-refractivity contribution in [1.82, 2.24) is 4.98 Å². The Kier molecular flexibility index (Phi) is 8.51. The Bertz CT molecular complexity index is 1260. The molecule has 0 N–H and O–H groups in total. The van der Waals surface area contributed by atoms with Gasteiger partial charge in [-0.2, -0.15) is 0 Å². The zero-order valence-electron chi connectivity index (χ0n) is 20.6. The maximum atomic E-state index is 14.9. The van der Waals surface area contributed by atoms with Crippen molar-refractivity contribution in [2.24, 2.45) is 0 Å². The summed E-state index contributed by atoms with van der Waals surface area (Å²) in [6.45, 7) is 4.76. The van der Waals surface area contributed by atoms with Crippen molar-refractivity contribution in [2.45, 2.75) is 65.2 Å². The first-order chi connectivity index (χ1) is 17.0. The van der Waals surface area contributed by atoms with Crippen molar-refractivity contribution in [3.05, 3.63) is 71.8 Å². The first-order valence-corrected chi connectivity index (χ1v) is 12.6. The standard InChI is InChI=1S/C30H33F2NO2/c1-3-4-5-6-7-8-9-10-17-34-23-13-15-24(27(32)20-23)22-12-14-25(26(31)19-22)30-33-28-18-21(2)11-16-29(28)35-30/h11-16,18-20H,3-10,17H2,1-2H3. The lowest BCUT2D eigenvalue weighted by molar-refractivity contribution is 0.303. The van der Waals surface area contributed by atoms with Crippen LogP contribution in [0.25, 0.3) is 33.7 Å². The van der Waals surface area contributed by atoms with E-state index in [1.54, 1.807) is 24.3 Å². The number of ether oxygens (including phenoxy) is 1. The molecule has 0 bridgehead atoms. The van der Waals surface area contributed by atoms with Crippen LogP contribution in [-0.2, 0) is 0 Å². The predicted molar refractivity (Wildman–Crippen MR) is 138 cm³/mol. The van der Waals surface area contributed by atoms with E-state index in [2.05, 4.69) is 11.9 Å². The van der Waals surface area contributed by atoms with E-state index < -0.39 is 11.6 Å². The van der Waals surface area contributed by atoms with Crippen LogP contribution in [0.3, 0.4) is 0 Å². The summed E-state index contributed by atoms with van der Waals surface area (Å²) in [6.07, 6.45) is 9.77. The van der Waals surface area contributed by atoms with E-state index in [-0.39, 0.29) is 11.5 Å². The molecule has 0 aliphatic rings. The molecule has 0 amide bonds. The number of nitrogens with zero attached hydrogens (tertiary/aromatic N) is 1. The molecule has 0 aliphatic carbocycles. The maximum absolute atomic E-state index is 14.9. The van der Waals surface area contributed by atoms with Gasteiger partial charge in [0.05, 0.1) is 12.2 Å². The molecule has 1 aromatic heterocycles. The van der Waals surface area contributed by atoms with Gasteiger partial charge < -0.3 is 9.15 Å². The molecule has 5 heteroatoms. The minimum Gasteiger partial charge on any atom is -0.493 e. The fourth-order valence-electron chi connectivity index (χ4n) is 4.25. The third-order valence-electron chi connectivity index (χ3n) is 6.26. The number of fused-ring (bicyclic) bond motifs is 1. The number of aromatic nitrogens is 1. The SMILES string of the molecule is CCCCCCCCCCOc1ccc(-c2ccc(-c3nc4cc(C)ccc4o3)c(F)c2)c(F)c1. The van der Waals surface area contributed by atoms with Gasteiger partial charge in [0.15, 0.2) is 5.58 Å². The molecule has 4 rings (SSSR count). The molecule has 0 fully saturated rings. The van der Waals surface area contributed by atoms with Crippen molar-refractivity contribution in [2.75, 3.05) is 6.61 Å². The molecule has 0 radical (unpaired) electrons. The van der Waals surface area contributed by atoms with E-state index in [1.165, 1.54) is 50.7 Å². The summed E-state index contributed by atoms with van der Waals surface area (Å²) in [4.78, 5) is 4.40. The summed E-state index contributed by atoms with van der Waals surface area (Å²) in [5, 5.41) is 0. The number of hydrogen-bond acceptors (Lipinski definition) is 3. The van der Waals surface area contributed by atoms with Crippen LogP contribution in [0, 0.1) is 18.6 Å². The Morgan fingerprint density at radius 2 is 1.49 bits per heavy atom. The zero-order valence-corrected chi connectivity index (χ0v) is 20.6. The normalized spacial score (nSPS) is 11.3. The number of aryl methyl sites for hydroxylation is 1. The number of benzene rings is 3. The number of hydrogen-bond donors (Lipinski definition) is 0. The van der Waals surface area contributed by atoms with E-state index in [0.29, 0.717) is 34.6 Å². The minimum absolute atomic E-state index is 0.208. The van der Waals surface area contributed by atoms with Crippen molar-refractivity contribution in [1.29, 1.82) is 0 Å². The van der Waals surface area contributed by atoms with Crippen LogP contribution in [0.5, 0.6) is 5.75 Å². The van der Waals surface area contributed by atoms with Gasteiger partial charge in [-0.25, -0.2) is 13.8 Å². The molecule has 184 valence electrons. The van der Waals surface area contributed by atoms with Crippen LogP contribution in [0.15, 0.2) is 59.0 Å². The molecule has 0 unspecified atom stereocenters. The van der Waals surface area contributed by atoms with Gasteiger partial charge in [-0.05, 0) is 60.9 Å². The van der Waals surface area contributed by atoms with E-state index in [9.17, 15) is 8.78 Å². The number of halogens is 2. The smallest absolute Gasteiger partial charge is 0.230 e. The van der Waals surface area contributed by atoms with Crippen molar-refractivity contribution in [3.63, 3.8) is 0 Å². The molecule has 3 aromatic carbocycles. The third-order valence-corrected chi connectivity index (χ3v) is 6.26. The van der Waals surface area contributed by atoms with E-state index in [1.807, 2.05) is 25.1 Å². The molecular weight excluding hydrogens is 444 g/mol. The monoisotopic (exact) mass is 477 g/mol. The number of oxazole rings is 1. The number of unbranched alkanes of at least 4 members (excludes halogenated alkanes) is 7. The fourth-order valence-corrected chi connectivity index (χ4v) is 4.25. The van der Waals surface area contributed by atoms with Gasteiger partial charge in [0, 0.05) is 11.6 Å². The second kappa shape index (κ2) is 12.0. The van der Waals surface area contributed by atoms with Crippen molar-refractivity contribution >= 4 is 11.1 Å². The average Bonchev–Trinajstić information content (AvgIpc) is 3.26. The van der Waals surface area contributed by atoms with E-state index in [0.717, 1.165) is 18.4 Å². The molecule has 35 heavy (non-hydrogen) atoms. The lowest BCUT2D eigenvalue weighted by Gasteiger charge is -2.10.